The number of nitrogens with two attached hydrogens (primary N) is 2. The Morgan fingerprint density at radius 1 is 1.17 bits per heavy atom. The van der Waals surface area contributed by atoms with E-state index in [1.165, 1.54) is 35.4 Å². The molecule has 30 heavy (non-hydrogen) atoms. The van der Waals surface area contributed by atoms with Crippen molar-refractivity contribution in [3.8, 4) is 16.9 Å². The smallest absolute Gasteiger partial charge is 0.395 e. The largest absolute Gasteiger partial charge is 0.395 e. The fourth-order valence-electron chi connectivity index (χ4n) is 2.96. The van der Waals surface area contributed by atoms with Gasteiger partial charge in [0.25, 0.3) is 0 Å². The molecule has 8 nitrogen and oxygen atoms in total. The molecule has 3 aromatic heterocycles. The van der Waals surface area contributed by atoms with Gasteiger partial charge in [0.1, 0.15) is 15.7 Å². The van der Waals surface area contributed by atoms with Crippen molar-refractivity contribution in [1.82, 2.24) is 19.7 Å². The van der Waals surface area contributed by atoms with Gasteiger partial charge in [0.05, 0.1) is 23.6 Å². The van der Waals surface area contributed by atoms with E-state index in [1.54, 1.807) is 12.3 Å². The first-order valence-corrected chi connectivity index (χ1v) is 10.8. The lowest BCUT2D eigenvalue weighted by Gasteiger charge is -2.20. The monoisotopic (exact) mass is 440 g/mol. The topological polar surface area (TPSA) is 130 Å². The summed E-state index contributed by atoms with van der Waals surface area (Å²) in [5.41, 5.74) is 13.0. The number of sulfone groups is 1. The molecule has 0 spiro atoms. The van der Waals surface area contributed by atoms with E-state index in [0.717, 1.165) is 6.26 Å². The van der Waals surface area contributed by atoms with Gasteiger partial charge in [-0.2, -0.15) is 18.3 Å². The molecular weight excluding hydrogens is 421 g/mol. The molecule has 0 aliphatic rings. The molecule has 3 heterocycles. The van der Waals surface area contributed by atoms with Gasteiger partial charge in [-0.3, -0.25) is 0 Å². The highest BCUT2D eigenvalue weighted by Gasteiger charge is 2.41. The number of nitrogen functional groups attached to an aromatic ring is 2. The molecule has 1 atom stereocenters. The summed E-state index contributed by atoms with van der Waals surface area (Å²) in [5.74, 6) is -2.23. The van der Waals surface area contributed by atoms with Crippen LogP contribution in [0.25, 0.3) is 16.9 Å². The van der Waals surface area contributed by atoms with E-state index in [-0.39, 0.29) is 22.9 Å². The van der Waals surface area contributed by atoms with Gasteiger partial charge in [0.2, 0.25) is 0 Å². The first-order valence-electron chi connectivity index (χ1n) is 8.71. The molecule has 0 fully saturated rings. The summed E-state index contributed by atoms with van der Waals surface area (Å²) in [7, 11) is -3.55. The highest BCUT2D eigenvalue weighted by molar-refractivity contribution is 7.90. The minimum Gasteiger partial charge on any atom is -0.395 e. The van der Waals surface area contributed by atoms with Crippen LogP contribution in [0.3, 0.4) is 0 Å². The second kappa shape index (κ2) is 7.94. The van der Waals surface area contributed by atoms with Gasteiger partial charge < -0.3 is 11.5 Å². The molecule has 0 radical (unpaired) electrons. The molecule has 0 bridgehead atoms. The molecule has 12 heteroatoms. The lowest BCUT2D eigenvalue weighted by Crippen LogP contribution is -2.23. The zero-order valence-electron chi connectivity index (χ0n) is 15.8. The SMILES string of the molecule is CS(=O)(=O)CCC(c1ccnc(-n2cc(-c3ccnc(N)c3N)cn2)c1)C(F)(F)F. The number of alkyl halides is 3. The third-order valence-corrected chi connectivity index (χ3v) is 5.47. The molecule has 1 unspecified atom stereocenters. The second-order valence-electron chi connectivity index (χ2n) is 6.79. The second-order valence-corrected chi connectivity index (χ2v) is 9.05. The minimum absolute atomic E-state index is 0.0964. The maximum absolute atomic E-state index is 13.6. The standard InChI is InChI=1S/C18H19F3N6O2S/c1-30(28,29)7-4-14(18(19,20)21)11-2-5-24-15(8-11)27-10-12(9-26-27)13-3-6-25-17(23)16(13)22/h2-3,5-6,8-10,14H,4,7,22H2,1H3,(H2,23,25). The summed E-state index contributed by atoms with van der Waals surface area (Å²) >= 11 is 0. The molecule has 3 rings (SSSR count). The maximum atomic E-state index is 13.6. The molecule has 3 aromatic rings. The molecule has 0 aliphatic carbocycles. The fraction of sp³-hybridized carbons (Fsp3) is 0.278. The summed E-state index contributed by atoms with van der Waals surface area (Å²) in [6.45, 7) is 0. The quantitative estimate of drug-likeness (QED) is 0.602. The first kappa shape index (κ1) is 21.6. The normalized spacial score (nSPS) is 13.3. The number of hydrogen-bond donors (Lipinski definition) is 2. The Kier molecular flexibility index (Phi) is 5.70. The molecule has 160 valence electrons. The number of hydrogen-bond acceptors (Lipinski definition) is 7. The Bertz CT molecular complexity index is 1160. The minimum atomic E-state index is -4.61. The molecule has 0 aliphatic heterocycles. The van der Waals surface area contributed by atoms with Crippen LogP contribution in [0.2, 0.25) is 0 Å². The van der Waals surface area contributed by atoms with E-state index >= 15 is 0 Å². The van der Waals surface area contributed by atoms with Gasteiger partial charge in [0.15, 0.2) is 5.82 Å². The van der Waals surface area contributed by atoms with E-state index in [2.05, 4.69) is 15.1 Å². The molecule has 0 amide bonds. The van der Waals surface area contributed by atoms with Crippen LogP contribution in [-0.4, -0.2) is 46.4 Å². The molecular formula is C18H19F3N6O2S. The van der Waals surface area contributed by atoms with E-state index in [1.807, 2.05) is 0 Å². The van der Waals surface area contributed by atoms with Crippen molar-refractivity contribution in [3.63, 3.8) is 0 Å². The van der Waals surface area contributed by atoms with Crippen molar-refractivity contribution in [2.75, 3.05) is 23.5 Å². The Hall–Kier alpha value is -3.15. The fourth-order valence-corrected chi connectivity index (χ4v) is 3.62. The summed E-state index contributed by atoms with van der Waals surface area (Å²) in [5, 5.41) is 4.14. The van der Waals surface area contributed by atoms with E-state index in [0.29, 0.717) is 11.1 Å². The molecule has 0 saturated heterocycles. The van der Waals surface area contributed by atoms with Crippen molar-refractivity contribution in [2.45, 2.75) is 18.5 Å². The van der Waals surface area contributed by atoms with Crippen molar-refractivity contribution < 1.29 is 21.6 Å². The van der Waals surface area contributed by atoms with Gasteiger partial charge in [0, 0.05) is 36.0 Å². The van der Waals surface area contributed by atoms with Crippen LogP contribution in [0, 0.1) is 0 Å². The Morgan fingerprint density at radius 2 is 1.87 bits per heavy atom. The highest BCUT2D eigenvalue weighted by Crippen LogP contribution is 2.38. The number of rotatable bonds is 6. The third kappa shape index (κ3) is 4.87. The predicted octanol–water partition coefficient (Wildman–Crippen LogP) is 2.57. The highest BCUT2D eigenvalue weighted by atomic mass is 32.2. The average Bonchev–Trinajstić information content (AvgIpc) is 3.12. The first-order chi connectivity index (χ1) is 14.0. The lowest BCUT2D eigenvalue weighted by atomic mass is 9.97. The van der Waals surface area contributed by atoms with Crippen molar-refractivity contribution in [3.05, 3.63) is 48.5 Å². The number of nitrogens with zero attached hydrogens (tertiary/aromatic N) is 4. The van der Waals surface area contributed by atoms with Gasteiger partial charge in [-0.05, 0) is 30.2 Å². The Morgan fingerprint density at radius 3 is 2.53 bits per heavy atom. The van der Waals surface area contributed by atoms with E-state index in [9.17, 15) is 21.6 Å². The van der Waals surface area contributed by atoms with Gasteiger partial charge in [-0.1, -0.05) is 0 Å². The van der Waals surface area contributed by atoms with Gasteiger partial charge >= 0.3 is 6.18 Å². The number of pyridine rings is 2. The molecule has 4 N–H and O–H groups in total. The lowest BCUT2D eigenvalue weighted by molar-refractivity contribution is -0.150. The van der Waals surface area contributed by atoms with E-state index < -0.39 is 34.1 Å². The summed E-state index contributed by atoms with van der Waals surface area (Å²) in [6.07, 6.45) is 1.45. The summed E-state index contributed by atoms with van der Waals surface area (Å²) in [6, 6.07) is 4.10. The van der Waals surface area contributed by atoms with Crippen LogP contribution >= 0.6 is 0 Å². The maximum Gasteiger partial charge on any atom is 0.395 e. The average molecular weight is 440 g/mol. The zero-order valence-corrected chi connectivity index (χ0v) is 16.7. The number of halogens is 3. The molecule has 0 saturated carbocycles. The summed E-state index contributed by atoms with van der Waals surface area (Å²) < 4.78 is 64.7. The number of anilines is 2. The number of aromatic nitrogens is 4. The van der Waals surface area contributed by atoms with Crippen LogP contribution in [0.15, 0.2) is 43.0 Å². The third-order valence-electron chi connectivity index (χ3n) is 4.49. The predicted molar refractivity (Wildman–Crippen MR) is 107 cm³/mol. The Balaban J connectivity index is 1.95. The zero-order chi connectivity index (χ0) is 22.1. The van der Waals surface area contributed by atoms with Crippen molar-refractivity contribution in [2.24, 2.45) is 0 Å². The van der Waals surface area contributed by atoms with E-state index in [4.69, 9.17) is 11.5 Å². The van der Waals surface area contributed by atoms with Crippen molar-refractivity contribution >= 4 is 21.3 Å². The van der Waals surface area contributed by atoms with Crippen LogP contribution in [0.1, 0.15) is 17.9 Å². The van der Waals surface area contributed by atoms with Crippen molar-refractivity contribution in [1.29, 1.82) is 0 Å². The molecule has 0 aromatic carbocycles. The Labute approximate surface area is 170 Å². The van der Waals surface area contributed by atoms with Crippen LogP contribution in [0.4, 0.5) is 24.7 Å². The summed E-state index contributed by atoms with van der Waals surface area (Å²) in [4.78, 5) is 7.96. The van der Waals surface area contributed by atoms with Gasteiger partial charge in [-0.25, -0.2) is 23.1 Å². The van der Waals surface area contributed by atoms with Crippen LogP contribution < -0.4 is 11.5 Å². The van der Waals surface area contributed by atoms with Gasteiger partial charge in [-0.15, -0.1) is 0 Å². The van der Waals surface area contributed by atoms with Crippen LogP contribution in [-0.2, 0) is 9.84 Å². The van der Waals surface area contributed by atoms with Crippen LogP contribution in [0.5, 0.6) is 0 Å².